The predicted octanol–water partition coefficient (Wildman–Crippen LogP) is 0.564. The quantitative estimate of drug-likeness (QED) is 0.518. The van der Waals surface area contributed by atoms with E-state index in [1.807, 2.05) is 0 Å². The summed E-state index contributed by atoms with van der Waals surface area (Å²) in [6, 6.07) is 0. The predicted molar refractivity (Wildman–Crippen MR) is 72.6 cm³/mol. The van der Waals surface area contributed by atoms with E-state index in [0.29, 0.717) is 6.61 Å². The maximum Gasteiger partial charge on any atom is 0.303 e. The summed E-state index contributed by atoms with van der Waals surface area (Å²) in [5.74, 6) is -1.55. The van der Waals surface area contributed by atoms with Crippen molar-refractivity contribution >= 4 is 17.9 Å². The Labute approximate surface area is 129 Å². The van der Waals surface area contributed by atoms with Crippen LogP contribution in [0.3, 0.4) is 0 Å². The molecule has 0 aliphatic carbocycles. The Morgan fingerprint density at radius 2 is 1.68 bits per heavy atom. The van der Waals surface area contributed by atoms with Crippen LogP contribution in [0.25, 0.3) is 0 Å². The van der Waals surface area contributed by atoms with E-state index >= 15 is 0 Å². The van der Waals surface area contributed by atoms with Gasteiger partial charge in [0.25, 0.3) is 0 Å². The van der Waals surface area contributed by atoms with Gasteiger partial charge in [0.15, 0.2) is 12.4 Å². The molecule has 0 radical (unpaired) electrons. The van der Waals surface area contributed by atoms with Crippen LogP contribution < -0.4 is 0 Å². The second-order valence-corrected chi connectivity index (χ2v) is 4.82. The minimum atomic E-state index is -0.863. The van der Waals surface area contributed by atoms with Crippen LogP contribution in [0.5, 0.6) is 0 Å². The molecule has 3 unspecified atom stereocenters. The number of rotatable bonds is 6. The number of hydrogen-bond acceptors (Lipinski definition) is 8. The summed E-state index contributed by atoms with van der Waals surface area (Å²) in [5.41, 5.74) is 0. The molecule has 0 N–H and O–H groups in total. The third-order valence-corrected chi connectivity index (χ3v) is 2.91. The molecule has 8 nitrogen and oxygen atoms in total. The van der Waals surface area contributed by atoms with Crippen LogP contribution in [-0.2, 0) is 38.1 Å². The van der Waals surface area contributed by atoms with Crippen molar-refractivity contribution in [1.29, 1.82) is 0 Å². The van der Waals surface area contributed by atoms with Gasteiger partial charge < -0.3 is 23.7 Å². The first-order valence-electron chi connectivity index (χ1n) is 7.08. The zero-order chi connectivity index (χ0) is 16.7. The summed E-state index contributed by atoms with van der Waals surface area (Å²) >= 11 is 0. The maximum absolute atomic E-state index is 11.3. The second-order valence-electron chi connectivity index (χ2n) is 4.82. The topological polar surface area (TPSA) is 97.4 Å². The molecule has 1 rings (SSSR count). The Kier molecular flexibility index (Phi) is 7.26. The summed E-state index contributed by atoms with van der Waals surface area (Å²) in [6.07, 6.45) is -2.78. The van der Waals surface area contributed by atoms with E-state index in [2.05, 4.69) is 0 Å². The zero-order valence-electron chi connectivity index (χ0n) is 13.2. The first-order chi connectivity index (χ1) is 10.3. The van der Waals surface area contributed by atoms with Crippen molar-refractivity contribution < 1.29 is 38.1 Å². The summed E-state index contributed by atoms with van der Waals surface area (Å²) in [4.78, 5) is 33.5. The van der Waals surface area contributed by atoms with E-state index in [1.54, 1.807) is 6.92 Å². The highest BCUT2D eigenvalue weighted by Crippen LogP contribution is 2.26. The van der Waals surface area contributed by atoms with Gasteiger partial charge >= 0.3 is 17.9 Å². The molecule has 8 heteroatoms. The molecule has 1 heterocycles. The highest BCUT2D eigenvalue weighted by atomic mass is 16.7. The lowest BCUT2D eigenvalue weighted by Gasteiger charge is -2.39. The number of carbonyl (C=O) groups excluding carboxylic acids is 3. The van der Waals surface area contributed by atoms with E-state index in [-0.39, 0.29) is 13.0 Å². The average Bonchev–Trinajstić information content (AvgIpc) is 2.38. The van der Waals surface area contributed by atoms with E-state index in [4.69, 9.17) is 23.7 Å². The molecule has 0 amide bonds. The summed E-state index contributed by atoms with van der Waals surface area (Å²) < 4.78 is 26.3. The van der Waals surface area contributed by atoms with Gasteiger partial charge in [0.05, 0.1) is 0 Å². The van der Waals surface area contributed by atoms with E-state index in [0.717, 1.165) is 0 Å². The standard InChI is InChI=1S/C14H22O8/c1-5-18-13-6-11(20-9(3)16)14(21-10(4)17)12(22-13)7-19-8(2)15/h11-14H,5-7H2,1-4H3/t11?,12?,13-,14?/m1/s1. The van der Waals surface area contributed by atoms with Crippen LogP contribution in [0, 0.1) is 0 Å². The molecule has 126 valence electrons. The van der Waals surface area contributed by atoms with Gasteiger partial charge in [-0.25, -0.2) is 0 Å². The number of hydrogen-bond donors (Lipinski definition) is 0. The molecular weight excluding hydrogens is 296 g/mol. The Balaban J connectivity index is 2.89. The molecule has 1 aliphatic rings. The van der Waals surface area contributed by atoms with Crippen molar-refractivity contribution in [2.45, 2.75) is 58.7 Å². The summed E-state index contributed by atoms with van der Waals surface area (Å²) in [7, 11) is 0. The van der Waals surface area contributed by atoms with Crippen molar-refractivity contribution in [3.63, 3.8) is 0 Å². The zero-order valence-corrected chi connectivity index (χ0v) is 13.2. The number of esters is 3. The molecule has 0 saturated carbocycles. The lowest BCUT2D eigenvalue weighted by atomic mass is 10.0. The van der Waals surface area contributed by atoms with Crippen LogP contribution in [0.2, 0.25) is 0 Å². The first-order valence-corrected chi connectivity index (χ1v) is 7.08. The van der Waals surface area contributed by atoms with Gasteiger partial charge in [-0.2, -0.15) is 0 Å². The highest BCUT2D eigenvalue weighted by molar-refractivity contribution is 5.67. The van der Waals surface area contributed by atoms with Crippen molar-refractivity contribution in [2.75, 3.05) is 13.2 Å². The fourth-order valence-electron chi connectivity index (χ4n) is 2.19. The van der Waals surface area contributed by atoms with Crippen molar-refractivity contribution in [3.8, 4) is 0 Å². The fourth-order valence-corrected chi connectivity index (χ4v) is 2.19. The normalized spacial score (nSPS) is 27.8. The Morgan fingerprint density at radius 1 is 1.05 bits per heavy atom. The van der Waals surface area contributed by atoms with E-state index in [9.17, 15) is 14.4 Å². The smallest absolute Gasteiger partial charge is 0.303 e. The van der Waals surface area contributed by atoms with Gasteiger partial charge in [-0.3, -0.25) is 14.4 Å². The lowest BCUT2D eigenvalue weighted by Crippen LogP contribution is -2.54. The van der Waals surface area contributed by atoms with Gasteiger partial charge in [0, 0.05) is 33.8 Å². The van der Waals surface area contributed by atoms with Gasteiger partial charge in [0.2, 0.25) is 0 Å². The van der Waals surface area contributed by atoms with Crippen LogP contribution in [0.15, 0.2) is 0 Å². The number of carbonyl (C=O) groups is 3. The van der Waals surface area contributed by atoms with Crippen molar-refractivity contribution in [2.24, 2.45) is 0 Å². The lowest BCUT2D eigenvalue weighted by molar-refractivity contribution is -0.265. The molecule has 0 aromatic carbocycles. The summed E-state index contributed by atoms with van der Waals surface area (Å²) in [6.45, 7) is 5.82. The maximum atomic E-state index is 11.3. The van der Waals surface area contributed by atoms with Gasteiger partial charge in [-0.05, 0) is 6.92 Å². The molecule has 0 spiro atoms. The fraction of sp³-hybridized carbons (Fsp3) is 0.786. The highest BCUT2D eigenvalue weighted by Gasteiger charge is 2.43. The number of ether oxygens (including phenoxy) is 5. The van der Waals surface area contributed by atoms with Crippen LogP contribution in [0.1, 0.15) is 34.1 Å². The molecular formula is C14H22O8. The van der Waals surface area contributed by atoms with Crippen LogP contribution in [-0.4, -0.2) is 55.7 Å². The molecule has 22 heavy (non-hydrogen) atoms. The van der Waals surface area contributed by atoms with E-state index in [1.165, 1.54) is 20.8 Å². The largest absolute Gasteiger partial charge is 0.463 e. The summed E-state index contributed by atoms with van der Waals surface area (Å²) in [5, 5.41) is 0. The molecule has 0 bridgehead atoms. The third kappa shape index (κ3) is 5.98. The minimum absolute atomic E-state index is 0.130. The second kappa shape index (κ2) is 8.70. The van der Waals surface area contributed by atoms with Crippen LogP contribution >= 0.6 is 0 Å². The molecule has 1 fully saturated rings. The van der Waals surface area contributed by atoms with Gasteiger partial charge in [-0.1, -0.05) is 0 Å². The van der Waals surface area contributed by atoms with Gasteiger partial charge in [-0.15, -0.1) is 0 Å². The first kappa shape index (κ1) is 18.4. The minimum Gasteiger partial charge on any atom is -0.463 e. The monoisotopic (exact) mass is 318 g/mol. The third-order valence-electron chi connectivity index (χ3n) is 2.91. The molecule has 0 aromatic heterocycles. The average molecular weight is 318 g/mol. The molecule has 1 aliphatic heterocycles. The Bertz CT molecular complexity index is 408. The SMILES string of the molecule is CCO[C@H]1CC(OC(C)=O)C(OC(C)=O)C(COC(C)=O)O1. The van der Waals surface area contributed by atoms with Crippen LogP contribution in [0.4, 0.5) is 0 Å². The molecule has 4 atom stereocenters. The Hall–Kier alpha value is -1.67. The molecule has 0 aromatic rings. The van der Waals surface area contributed by atoms with Crippen molar-refractivity contribution in [3.05, 3.63) is 0 Å². The Morgan fingerprint density at radius 3 is 2.18 bits per heavy atom. The van der Waals surface area contributed by atoms with Gasteiger partial charge in [0.1, 0.15) is 18.8 Å². The van der Waals surface area contributed by atoms with E-state index < -0.39 is 42.5 Å². The van der Waals surface area contributed by atoms with Crippen molar-refractivity contribution in [1.82, 2.24) is 0 Å². The molecule has 1 saturated heterocycles.